The molecule has 6 heteroatoms. The normalized spacial score (nSPS) is 10.8. The summed E-state index contributed by atoms with van der Waals surface area (Å²) in [6.45, 7) is 0. The molecule has 0 bridgehead atoms. The van der Waals surface area contributed by atoms with Crippen molar-refractivity contribution in [3.05, 3.63) is 26.7 Å². The van der Waals surface area contributed by atoms with E-state index in [1.165, 1.54) is 0 Å². The van der Waals surface area contributed by atoms with Gasteiger partial charge in [-0.2, -0.15) is 5.10 Å². The Morgan fingerprint density at radius 3 is 2.92 bits per heavy atom. The van der Waals surface area contributed by atoms with Crippen LogP contribution >= 0.6 is 23.2 Å². The molecule has 2 aromatic heterocycles. The van der Waals surface area contributed by atoms with E-state index in [0.29, 0.717) is 10.9 Å². The third-order valence-corrected chi connectivity index (χ3v) is 1.98. The van der Waals surface area contributed by atoms with Crippen LogP contribution < -0.4 is 5.56 Å². The Balaban J connectivity index is 3.03. The topological polar surface area (TPSA) is 61.5 Å². The number of rotatable bonds is 0. The number of fused-ring (bicyclic) bond motifs is 1. The van der Waals surface area contributed by atoms with Crippen LogP contribution in [0.15, 0.2) is 10.9 Å². The van der Waals surface area contributed by atoms with Crippen molar-refractivity contribution in [1.82, 2.24) is 15.2 Å². The molecule has 0 amide bonds. The van der Waals surface area contributed by atoms with Gasteiger partial charge in [0.15, 0.2) is 5.15 Å². The Kier molecular flexibility index (Phi) is 1.59. The minimum Gasteiger partial charge on any atom is -0.311 e. The number of H-pyrrole nitrogens is 2. The van der Waals surface area contributed by atoms with Crippen molar-refractivity contribution in [2.75, 3.05) is 0 Å². The third-order valence-electron chi connectivity index (χ3n) is 1.49. The molecule has 2 aromatic rings. The molecule has 0 aromatic carbocycles. The number of hydrogen-bond donors (Lipinski definition) is 2. The van der Waals surface area contributed by atoms with Crippen LogP contribution in [0.4, 0.5) is 0 Å². The van der Waals surface area contributed by atoms with Crippen molar-refractivity contribution in [3.8, 4) is 0 Å². The molecule has 0 radical (unpaired) electrons. The van der Waals surface area contributed by atoms with E-state index in [1.807, 2.05) is 0 Å². The molecule has 0 aliphatic rings. The van der Waals surface area contributed by atoms with Gasteiger partial charge in [-0.3, -0.25) is 9.89 Å². The van der Waals surface area contributed by atoms with Crippen LogP contribution in [-0.4, -0.2) is 15.2 Å². The molecule has 0 atom stereocenters. The molecular formula is C6H3Cl2N3O. The van der Waals surface area contributed by atoms with E-state index in [9.17, 15) is 4.79 Å². The second kappa shape index (κ2) is 2.50. The Morgan fingerprint density at radius 1 is 1.42 bits per heavy atom. The van der Waals surface area contributed by atoms with E-state index >= 15 is 0 Å². The summed E-state index contributed by atoms with van der Waals surface area (Å²) in [7, 11) is 0. The third kappa shape index (κ3) is 1.00. The molecule has 4 nitrogen and oxygen atoms in total. The van der Waals surface area contributed by atoms with Gasteiger partial charge in [0.2, 0.25) is 0 Å². The zero-order valence-corrected chi connectivity index (χ0v) is 7.20. The molecule has 2 rings (SSSR count). The summed E-state index contributed by atoms with van der Waals surface area (Å²) >= 11 is 11.3. The molecule has 62 valence electrons. The second-order valence-electron chi connectivity index (χ2n) is 2.25. The quantitative estimate of drug-likeness (QED) is 0.639. The number of hydrogen-bond acceptors (Lipinski definition) is 2. The second-order valence-corrected chi connectivity index (χ2v) is 3.01. The number of nitrogens with zero attached hydrogens (tertiary/aromatic N) is 1. The van der Waals surface area contributed by atoms with Gasteiger partial charge in [-0.25, -0.2) is 0 Å². The number of aromatic nitrogens is 3. The van der Waals surface area contributed by atoms with Crippen LogP contribution in [0.25, 0.3) is 10.9 Å². The summed E-state index contributed by atoms with van der Waals surface area (Å²) in [6.07, 6.45) is 0. The average molecular weight is 204 g/mol. The number of pyridine rings is 1. The van der Waals surface area contributed by atoms with E-state index in [-0.39, 0.29) is 15.9 Å². The molecule has 0 fully saturated rings. The van der Waals surface area contributed by atoms with Crippen molar-refractivity contribution in [3.63, 3.8) is 0 Å². The SMILES string of the molecule is O=c1[nH]c(Cl)cc2c(Cl)n[nH]c12. The first kappa shape index (κ1) is 7.64. The maximum atomic E-state index is 11.1. The maximum absolute atomic E-state index is 11.1. The summed E-state index contributed by atoms with van der Waals surface area (Å²) in [5.41, 5.74) is 0.0151. The fourth-order valence-corrected chi connectivity index (χ4v) is 1.35. The maximum Gasteiger partial charge on any atom is 0.275 e. The zero-order chi connectivity index (χ0) is 8.72. The number of nitrogens with one attached hydrogen (secondary N) is 2. The Labute approximate surface area is 76.5 Å². The van der Waals surface area contributed by atoms with Crippen LogP contribution in [0, 0.1) is 0 Å². The van der Waals surface area contributed by atoms with Gasteiger partial charge in [-0.1, -0.05) is 23.2 Å². The minimum atomic E-state index is -0.322. The van der Waals surface area contributed by atoms with E-state index < -0.39 is 0 Å². The van der Waals surface area contributed by atoms with Crippen molar-refractivity contribution in [2.45, 2.75) is 0 Å². The van der Waals surface area contributed by atoms with Crippen molar-refractivity contribution < 1.29 is 0 Å². The first-order valence-electron chi connectivity index (χ1n) is 3.11. The molecule has 2 heterocycles. The Hall–Kier alpha value is -1.00. The van der Waals surface area contributed by atoms with Gasteiger partial charge in [0.25, 0.3) is 5.56 Å². The predicted molar refractivity (Wildman–Crippen MR) is 46.7 cm³/mol. The molecule has 0 saturated carbocycles. The zero-order valence-electron chi connectivity index (χ0n) is 5.69. The first-order valence-corrected chi connectivity index (χ1v) is 3.86. The van der Waals surface area contributed by atoms with Gasteiger partial charge < -0.3 is 4.98 Å². The van der Waals surface area contributed by atoms with E-state index in [2.05, 4.69) is 15.2 Å². The van der Waals surface area contributed by atoms with Crippen LogP contribution in [-0.2, 0) is 0 Å². The summed E-state index contributed by atoms with van der Waals surface area (Å²) in [5.74, 6) is 0. The van der Waals surface area contributed by atoms with Crippen LogP contribution in [0.3, 0.4) is 0 Å². The predicted octanol–water partition coefficient (Wildman–Crippen LogP) is 1.56. The highest BCUT2D eigenvalue weighted by Gasteiger charge is 2.06. The summed E-state index contributed by atoms with van der Waals surface area (Å²) in [4.78, 5) is 13.5. The van der Waals surface area contributed by atoms with Gasteiger partial charge in [0, 0.05) is 5.39 Å². The van der Waals surface area contributed by atoms with Gasteiger partial charge in [0.1, 0.15) is 10.7 Å². The summed E-state index contributed by atoms with van der Waals surface area (Å²) in [5, 5.41) is 7.19. The molecule has 0 saturated heterocycles. The van der Waals surface area contributed by atoms with Crippen LogP contribution in [0.2, 0.25) is 10.3 Å². The molecule has 2 N–H and O–H groups in total. The van der Waals surface area contributed by atoms with Crippen molar-refractivity contribution in [2.24, 2.45) is 0 Å². The highest BCUT2D eigenvalue weighted by Crippen LogP contribution is 2.18. The lowest BCUT2D eigenvalue weighted by molar-refractivity contribution is 1.10. The van der Waals surface area contributed by atoms with E-state index in [1.54, 1.807) is 6.07 Å². The monoisotopic (exact) mass is 203 g/mol. The highest BCUT2D eigenvalue weighted by atomic mass is 35.5. The highest BCUT2D eigenvalue weighted by molar-refractivity contribution is 6.35. The van der Waals surface area contributed by atoms with Gasteiger partial charge in [-0.15, -0.1) is 0 Å². The Morgan fingerprint density at radius 2 is 2.17 bits per heavy atom. The van der Waals surface area contributed by atoms with Crippen LogP contribution in [0.1, 0.15) is 0 Å². The lowest BCUT2D eigenvalue weighted by Gasteiger charge is -1.89. The summed E-state index contributed by atoms with van der Waals surface area (Å²) < 4.78 is 0. The standard InChI is InChI=1S/C6H3Cl2N3O/c7-3-1-2-4(6(12)9-3)10-11-5(2)8/h1H,(H,9,12)(H,10,11). The average Bonchev–Trinajstić information content (AvgIpc) is 2.33. The molecule has 12 heavy (non-hydrogen) atoms. The van der Waals surface area contributed by atoms with Gasteiger partial charge >= 0.3 is 0 Å². The van der Waals surface area contributed by atoms with Gasteiger partial charge in [-0.05, 0) is 6.07 Å². The smallest absolute Gasteiger partial charge is 0.275 e. The number of halogens is 2. The molecule has 0 aliphatic carbocycles. The largest absolute Gasteiger partial charge is 0.311 e. The molecule has 0 spiro atoms. The summed E-state index contributed by atoms with van der Waals surface area (Å²) in [6, 6.07) is 1.55. The number of aromatic amines is 2. The van der Waals surface area contributed by atoms with E-state index in [0.717, 1.165) is 0 Å². The van der Waals surface area contributed by atoms with Crippen molar-refractivity contribution in [1.29, 1.82) is 0 Å². The lowest BCUT2D eigenvalue weighted by atomic mass is 10.3. The minimum absolute atomic E-state index is 0.246. The molecule has 0 unspecified atom stereocenters. The fraction of sp³-hybridized carbons (Fsp3) is 0. The van der Waals surface area contributed by atoms with E-state index in [4.69, 9.17) is 23.2 Å². The fourth-order valence-electron chi connectivity index (χ4n) is 0.967. The molecular weight excluding hydrogens is 201 g/mol. The van der Waals surface area contributed by atoms with Crippen molar-refractivity contribution >= 4 is 34.1 Å². The molecule has 0 aliphatic heterocycles. The Bertz CT molecular complexity index is 487. The lowest BCUT2D eigenvalue weighted by Crippen LogP contribution is -2.05. The first-order chi connectivity index (χ1) is 5.68. The van der Waals surface area contributed by atoms with Gasteiger partial charge in [0.05, 0.1) is 0 Å². The van der Waals surface area contributed by atoms with Crippen LogP contribution in [0.5, 0.6) is 0 Å².